The lowest BCUT2D eigenvalue weighted by Crippen LogP contribution is -2.13. The van der Waals surface area contributed by atoms with Crippen LogP contribution in [0.25, 0.3) is 0 Å². The molecule has 1 aromatic heterocycles. The molecule has 1 saturated carbocycles. The van der Waals surface area contributed by atoms with Crippen LogP contribution in [0.15, 0.2) is 17.5 Å². The lowest BCUT2D eigenvalue weighted by molar-refractivity contribution is 0.337. The fraction of sp³-hybridized carbons (Fsp3) is 0.692. The van der Waals surface area contributed by atoms with E-state index in [4.69, 9.17) is 0 Å². The highest BCUT2D eigenvalue weighted by molar-refractivity contribution is 9.09. The minimum absolute atomic E-state index is 0.694. The third-order valence-corrected chi connectivity index (χ3v) is 4.91. The molecule has 1 aliphatic rings. The van der Waals surface area contributed by atoms with Crippen molar-refractivity contribution < 1.29 is 0 Å². The van der Waals surface area contributed by atoms with Crippen molar-refractivity contribution in [3.8, 4) is 0 Å². The van der Waals surface area contributed by atoms with Gasteiger partial charge in [0.2, 0.25) is 0 Å². The predicted molar refractivity (Wildman–Crippen MR) is 71.9 cm³/mol. The van der Waals surface area contributed by atoms with Crippen molar-refractivity contribution in [2.75, 3.05) is 0 Å². The van der Waals surface area contributed by atoms with Gasteiger partial charge in [-0.3, -0.25) is 0 Å². The SMILES string of the molecule is BrC(Cc1cccs1)CC1CCCCC1. The monoisotopic (exact) mass is 286 g/mol. The standard InChI is InChI=1S/C13H19BrS/c14-12(10-13-7-4-8-15-13)9-11-5-2-1-3-6-11/h4,7-8,11-12H,1-3,5-6,9-10H2. The van der Waals surface area contributed by atoms with Crippen LogP contribution in [0.2, 0.25) is 0 Å². The predicted octanol–water partition coefficient (Wildman–Crippen LogP) is 5.02. The van der Waals surface area contributed by atoms with Gasteiger partial charge in [0, 0.05) is 9.70 Å². The largest absolute Gasteiger partial charge is 0.149 e. The molecule has 1 aliphatic carbocycles. The molecule has 15 heavy (non-hydrogen) atoms. The number of hydrogen-bond acceptors (Lipinski definition) is 1. The number of alkyl halides is 1. The van der Waals surface area contributed by atoms with Gasteiger partial charge in [-0.05, 0) is 30.2 Å². The minimum atomic E-state index is 0.694. The quantitative estimate of drug-likeness (QED) is 0.682. The Morgan fingerprint density at radius 1 is 1.33 bits per heavy atom. The summed E-state index contributed by atoms with van der Waals surface area (Å²) in [6.45, 7) is 0. The molecule has 1 fully saturated rings. The van der Waals surface area contributed by atoms with Crippen LogP contribution >= 0.6 is 27.3 Å². The molecule has 1 unspecified atom stereocenters. The molecule has 0 nitrogen and oxygen atoms in total. The molecule has 0 saturated heterocycles. The molecule has 1 atom stereocenters. The highest BCUT2D eigenvalue weighted by Gasteiger charge is 2.17. The van der Waals surface area contributed by atoms with Crippen molar-refractivity contribution >= 4 is 27.3 Å². The molecule has 84 valence electrons. The topological polar surface area (TPSA) is 0 Å². The Morgan fingerprint density at radius 3 is 2.80 bits per heavy atom. The van der Waals surface area contributed by atoms with E-state index in [-0.39, 0.29) is 0 Å². The molecule has 2 rings (SSSR count). The van der Waals surface area contributed by atoms with Crippen molar-refractivity contribution in [2.24, 2.45) is 5.92 Å². The van der Waals surface area contributed by atoms with Crippen LogP contribution in [0.4, 0.5) is 0 Å². The van der Waals surface area contributed by atoms with E-state index in [0.29, 0.717) is 4.83 Å². The van der Waals surface area contributed by atoms with Crippen molar-refractivity contribution in [3.63, 3.8) is 0 Å². The van der Waals surface area contributed by atoms with Crippen molar-refractivity contribution in [3.05, 3.63) is 22.4 Å². The lowest BCUT2D eigenvalue weighted by atomic mass is 9.86. The van der Waals surface area contributed by atoms with Crippen LogP contribution in [-0.4, -0.2) is 4.83 Å². The van der Waals surface area contributed by atoms with Gasteiger partial charge in [0.1, 0.15) is 0 Å². The molecule has 0 spiro atoms. The molecule has 0 aromatic carbocycles. The average molecular weight is 287 g/mol. The van der Waals surface area contributed by atoms with E-state index in [1.165, 1.54) is 49.8 Å². The molecule has 0 radical (unpaired) electrons. The van der Waals surface area contributed by atoms with Gasteiger partial charge < -0.3 is 0 Å². The third-order valence-electron chi connectivity index (χ3n) is 3.32. The van der Waals surface area contributed by atoms with Gasteiger partial charge >= 0.3 is 0 Å². The van der Waals surface area contributed by atoms with E-state index >= 15 is 0 Å². The second-order valence-corrected chi connectivity index (χ2v) is 6.95. The van der Waals surface area contributed by atoms with Crippen LogP contribution in [0, 0.1) is 5.92 Å². The number of halogens is 1. The van der Waals surface area contributed by atoms with E-state index < -0.39 is 0 Å². The van der Waals surface area contributed by atoms with Crippen LogP contribution in [0.1, 0.15) is 43.4 Å². The summed E-state index contributed by atoms with van der Waals surface area (Å²) in [6, 6.07) is 4.40. The molecule has 1 heterocycles. The van der Waals surface area contributed by atoms with E-state index in [1.807, 2.05) is 11.3 Å². The summed E-state index contributed by atoms with van der Waals surface area (Å²) in [7, 11) is 0. The summed E-state index contributed by atoms with van der Waals surface area (Å²) >= 11 is 5.72. The van der Waals surface area contributed by atoms with Crippen LogP contribution in [0.3, 0.4) is 0 Å². The summed E-state index contributed by atoms with van der Waals surface area (Å²) in [6.07, 6.45) is 9.91. The Balaban J connectivity index is 1.74. The molecular weight excluding hydrogens is 268 g/mol. The van der Waals surface area contributed by atoms with Crippen molar-refractivity contribution in [2.45, 2.75) is 49.8 Å². The van der Waals surface area contributed by atoms with Crippen LogP contribution in [-0.2, 0) is 6.42 Å². The molecule has 0 aliphatic heterocycles. The summed E-state index contributed by atoms with van der Waals surface area (Å²) in [5.74, 6) is 0.989. The van der Waals surface area contributed by atoms with Crippen LogP contribution in [0.5, 0.6) is 0 Å². The first-order chi connectivity index (χ1) is 7.34. The van der Waals surface area contributed by atoms with Crippen molar-refractivity contribution in [1.82, 2.24) is 0 Å². The maximum Gasteiger partial charge on any atom is 0.0196 e. The Morgan fingerprint density at radius 2 is 2.13 bits per heavy atom. The number of thiophene rings is 1. The zero-order valence-corrected chi connectivity index (χ0v) is 11.5. The summed E-state index contributed by atoms with van der Waals surface area (Å²) in [5.41, 5.74) is 0. The van der Waals surface area contributed by atoms with Crippen molar-refractivity contribution in [1.29, 1.82) is 0 Å². The maximum atomic E-state index is 3.84. The van der Waals surface area contributed by atoms with E-state index in [2.05, 4.69) is 33.4 Å². The van der Waals surface area contributed by atoms with Crippen LogP contribution < -0.4 is 0 Å². The highest BCUT2D eigenvalue weighted by Crippen LogP contribution is 2.30. The number of rotatable bonds is 4. The first-order valence-electron chi connectivity index (χ1n) is 6.01. The van der Waals surface area contributed by atoms with E-state index in [9.17, 15) is 0 Å². The molecule has 0 bridgehead atoms. The zero-order chi connectivity index (χ0) is 10.5. The highest BCUT2D eigenvalue weighted by atomic mass is 79.9. The summed E-state index contributed by atoms with van der Waals surface area (Å²) in [5, 5.41) is 2.18. The van der Waals surface area contributed by atoms with Gasteiger partial charge in [0.05, 0.1) is 0 Å². The molecule has 0 N–H and O–H groups in total. The molecule has 0 amide bonds. The van der Waals surface area contributed by atoms with Gasteiger partial charge in [-0.15, -0.1) is 11.3 Å². The fourth-order valence-corrected chi connectivity index (χ4v) is 4.39. The molecule has 1 aromatic rings. The fourth-order valence-electron chi connectivity index (χ4n) is 2.51. The molecular formula is C13H19BrS. The first kappa shape index (κ1) is 11.7. The minimum Gasteiger partial charge on any atom is -0.149 e. The first-order valence-corrected chi connectivity index (χ1v) is 7.80. The maximum absolute atomic E-state index is 3.84. The Kier molecular flexibility index (Phi) is 4.70. The van der Waals surface area contributed by atoms with Gasteiger partial charge in [0.15, 0.2) is 0 Å². The Bertz CT molecular complexity index is 262. The second-order valence-electron chi connectivity index (χ2n) is 4.62. The third kappa shape index (κ3) is 3.92. The summed E-state index contributed by atoms with van der Waals surface area (Å²) < 4.78 is 0. The van der Waals surface area contributed by atoms with Gasteiger partial charge in [0.25, 0.3) is 0 Å². The molecule has 2 heteroatoms. The Labute approximate surface area is 105 Å². The smallest absolute Gasteiger partial charge is 0.0196 e. The summed E-state index contributed by atoms with van der Waals surface area (Å²) in [4.78, 5) is 2.21. The van der Waals surface area contributed by atoms with Gasteiger partial charge in [-0.2, -0.15) is 0 Å². The number of hydrogen-bond donors (Lipinski definition) is 0. The van der Waals surface area contributed by atoms with E-state index in [1.54, 1.807) is 0 Å². The van der Waals surface area contributed by atoms with Gasteiger partial charge in [-0.1, -0.05) is 54.1 Å². The zero-order valence-electron chi connectivity index (χ0n) is 9.12. The second kappa shape index (κ2) is 6.05. The Hall–Kier alpha value is 0.180. The van der Waals surface area contributed by atoms with E-state index in [0.717, 1.165) is 5.92 Å². The van der Waals surface area contributed by atoms with Gasteiger partial charge in [-0.25, -0.2) is 0 Å². The average Bonchev–Trinajstić information content (AvgIpc) is 2.71. The normalized spacial score (nSPS) is 20.3. The lowest BCUT2D eigenvalue weighted by Gasteiger charge is -2.23.